The molecule has 0 atom stereocenters. The number of ether oxygens (including phenoxy) is 1. The molecule has 6 nitrogen and oxygen atoms in total. The predicted molar refractivity (Wildman–Crippen MR) is 60.6 cm³/mol. The van der Waals surface area contributed by atoms with Gasteiger partial charge in [0.2, 0.25) is 5.91 Å². The molecule has 6 heteroatoms. The molecule has 0 fully saturated rings. The van der Waals surface area contributed by atoms with E-state index in [-0.39, 0.29) is 11.9 Å². The number of nitrogens with one attached hydrogen (secondary N) is 1. The molecule has 2 rings (SSSR count). The summed E-state index contributed by atoms with van der Waals surface area (Å²) < 4.78 is 10.0. The molecule has 0 radical (unpaired) electrons. The third-order valence-corrected chi connectivity index (χ3v) is 2.05. The summed E-state index contributed by atoms with van der Waals surface area (Å²) >= 11 is 0. The Morgan fingerprint density at radius 1 is 1.35 bits per heavy atom. The molecule has 1 amide bonds. The van der Waals surface area contributed by atoms with E-state index in [1.165, 1.54) is 6.92 Å². The fourth-order valence-corrected chi connectivity index (χ4v) is 1.28. The Labute approximate surface area is 97.6 Å². The first-order chi connectivity index (χ1) is 8.19. The quantitative estimate of drug-likeness (QED) is 0.873. The van der Waals surface area contributed by atoms with Crippen LogP contribution in [0.15, 0.2) is 28.8 Å². The number of carbonyl (C=O) groups excluding carboxylic acids is 1. The molecule has 88 valence electrons. The van der Waals surface area contributed by atoms with Crippen LogP contribution >= 0.6 is 0 Å². The lowest BCUT2D eigenvalue weighted by Crippen LogP contribution is -2.06. The summed E-state index contributed by atoms with van der Waals surface area (Å²) in [6.07, 6.45) is 0. The van der Waals surface area contributed by atoms with E-state index in [0.717, 1.165) is 11.3 Å². The van der Waals surface area contributed by atoms with Gasteiger partial charge in [0.15, 0.2) is 0 Å². The number of hydrogen-bond acceptors (Lipinski definition) is 5. The van der Waals surface area contributed by atoms with Crippen LogP contribution in [0.25, 0.3) is 11.5 Å². The van der Waals surface area contributed by atoms with Crippen LogP contribution in [0, 0.1) is 0 Å². The fraction of sp³-hybridized carbons (Fsp3) is 0.182. The Hall–Kier alpha value is -2.37. The number of rotatable bonds is 3. The molecule has 0 spiro atoms. The van der Waals surface area contributed by atoms with E-state index >= 15 is 0 Å². The van der Waals surface area contributed by atoms with Crippen LogP contribution in [-0.4, -0.2) is 23.2 Å². The van der Waals surface area contributed by atoms with Crippen molar-refractivity contribution in [2.75, 3.05) is 12.4 Å². The van der Waals surface area contributed by atoms with Crippen molar-refractivity contribution in [3.05, 3.63) is 24.3 Å². The molecule has 17 heavy (non-hydrogen) atoms. The van der Waals surface area contributed by atoms with Crippen molar-refractivity contribution in [3.8, 4) is 17.2 Å². The number of hydrogen-bond donors (Lipinski definition) is 1. The van der Waals surface area contributed by atoms with Crippen LogP contribution < -0.4 is 10.1 Å². The summed E-state index contributed by atoms with van der Waals surface area (Å²) in [7, 11) is 1.59. The highest BCUT2D eigenvalue weighted by Crippen LogP contribution is 2.21. The first-order valence-electron chi connectivity index (χ1n) is 4.95. The van der Waals surface area contributed by atoms with Crippen molar-refractivity contribution in [3.63, 3.8) is 0 Å². The Balaban J connectivity index is 2.21. The number of nitrogens with zero attached hydrogens (tertiary/aromatic N) is 2. The molecule has 1 aromatic heterocycles. The van der Waals surface area contributed by atoms with Gasteiger partial charge in [-0.1, -0.05) is 0 Å². The van der Waals surface area contributed by atoms with Gasteiger partial charge in [-0.05, 0) is 29.4 Å². The summed E-state index contributed by atoms with van der Waals surface area (Å²) in [5, 5.41) is 6.06. The van der Waals surface area contributed by atoms with E-state index in [1.54, 1.807) is 31.4 Å². The van der Waals surface area contributed by atoms with Crippen molar-refractivity contribution in [2.45, 2.75) is 6.92 Å². The molecule has 0 aliphatic rings. The second-order valence-electron chi connectivity index (χ2n) is 3.33. The summed E-state index contributed by atoms with van der Waals surface area (Å²) in [5.74, 6) is 1.00. The average molecular weight is 233 g/mol. The highest BCUT2D eigenvalue weighted by molar-refractivity contribution is 5.86. The number of anilines is 1. The van der Waals surface area contributed by atoms with Gasteiger partial charge in [0.25, 0.3) is 11.8 Å². The second-order valence-corrected chi connectivity index (χ2v) is 3.33. The Morgan fingerprint density at radius 3 is 2.65 bits per heavy atom. The maximum atomic E-state index is 10.8. The lowest BCUT2D eigenvalue weighted by atomic mass is 10.2. The molecule has 1 aromatic carbocycles. The Bertz CT molecular complexity index is 519. The van der Waals surface area contributed by atoms with Crippen LogP contribution in [0.2, 0.25) is 0 Å². The van der Waals surface area contributed by atoms with Crippen LogP contribution in [0.1, 0.15) is 6.92 Å². The fourth-order valence-electron chi connectivity index (χ4n) is 1.28. The van der Waals surface area contributed by atoms with Gasteiger partial charge in [-0.3, -0.25) is 10.1 Å². The van der Waals surface area contributed by atoms with Crippen molar-refractivity contribution in [2.24, 2.45) is 0 Å². The van der Waals surface area contributed by atoms with Gasteiger partial charge < -0.3 is 9.26 Å². The minimum absolute atomic E-state index is 0.156. The van der Waals surface area contributed by atoms with E-state index in [0.29, 0.717) is 5.89 Å². The minimum Gasteiger partial charge on any atom is -0.497 e. The van der Waals surface area contributed by atoms with E-state index in [1.807, 2.05) is 0 Å². The number of methoxy groups -OCH3 is 1. The predicted octanol–water partition coefficient (Wildman–Crippen LogP) is 1.70. The summed E-state index contributed by atoms with van der Waals surface area (Å²) in [6, 6.07) is 7.17. The van der Waals surface area contributed by atoms with Gasteiger partial charge in [0, 0.05) is 12.5 Å². The van der Waals surface area contributed by atoms with E-state index < -0.39 is 0 Å². The van der Waals surface area contributed by atoms with Crippen LogP contribution in [0.5, 0.6) is 5.75 Å². The standard InChI is InChI=1S/C11H11N3O3/c1-7(15)12-11-13-10(17-14-11)8-3-5-9(16-2)6-4-8/h3-6H,1-2H3,(H,12,14,15). The molecule has 0 unspecified atom stereocenters. The third kappa shape index (κ3) is 2.60. The van der Waals surface area contributed by atoms with Crippen LogP contribution in [0.3, 0.4) is 0 Å². The van der Waals surface area contributed by atoms with Gasteiger partial charge in [-0.2, -0.15) is 4.98 Å². The molecule has 1 heterocycles. The first-order valence-corrected chi connectivity index (χ1v) is 4.95. The molecular weight excluding hydrogens is 222 g/mol. The van der Waals surface area contributed by atoms with Gasteiger partial charge in [-0.25, -0.2) is 0 Å². The maximum Gasteiger partial charge on any atom is 0.270 e. The maximum absolute atomic E-state index is 10.8. The number of amides is 1. The lowest BCUT2D eigenvalue weighted by molar-refractivity contribution is -0.114. The van der Waals surface area contributed by atoms with E-state index in [4.69, 9.17) is 9.26 Å². The highest BCUT2D eigenvalue weighted by Gasteiger charge is 2.09. The number of carbonyl (C=O) groups is 1. The van der Waals surface area contributed by atoms with Crippen LogP contribution in [-0.2, 0) is 4.79 Å². The molecule has 0 aliphatic heterocycles. The van der Waals surface area contributed by atoms with Gasteiger partial charge in [0.05, 0.1) is 7.11 Å². The van der Waals surface area contributed by atoms with E-state index in [2.05, 4.69) is 15.5 Å². The third-order valence-electron chi connectivity index (χ3n) is 2.05. The molecule has 1 N–H and O–H groups in total. The zero-order chi connectivity index (χ0) is 12.3. The summed E-state index contributed by atoms with van der Waals surface area (Å²) in [6.45, 7) is 1.38. The second kappa shape index (κ2) is 4.65. The van der Waals surface area contributed by atoms with Crippen molar-refractivity contribution < 1.29 is 14.1 Å². The zero-order valence-electron chi connectivity index (χ0n) is 9.43. The Kier molecular flexibility index (Phi) is 3.04. The number of aromatic nitrogens is 2. The van der Waals surface area contributed by atoms with Crippen molar-refractivity contribution in [1.29, 1.82) is 0 Å². The Morgan fingerprint density at radius 2 is 2.06 bits per heavy atom. The van der Waals surface area contributed by atoms with Crippen molar-refractivity contribution in [1.82, 2.24) is 10.1 Å². The van der Waals surface area contributed by atoms with Gasteiger partial charge in [0.1, 0.15) is 5.75 Å². The average Bonchev–Trinajstić information content (AvgIpc) is 2.77. The highest BCUT2D eigenvalue weighted by atomic mass is 16.5. The largest absolute Gasteiger partial charge is 0.497 e. The summed E-state index contributed by atoms with van der Waals surface area (Å²) in [4.78, 5) is 14.8. The molecule has 0 aliphatic carbocycles. The molecular formula is C11H11N3O3. The minimum atomic E-state index is -0.243. The zero-order valence-corrected chi connectivity index (χ0v) is 9.43. The smallest absolute Gasteiger partial charge is 0.270 e. The molecule has 0 saturated carbocycles. The molecule has 0 saturated heterocycles. The molecule has 0 bridgehead atoms. The van der Waals surface area contributed by atoms with Gasteiger partial charge in [-0.15, -0.1) is 0 Å². The van der Waals surface area contributed by atoms with Crippen LogP contribution in [0.4, 0.5) is 5.95 Å². The topological polar surface area (TPSA) is 77.2 Å². The monoisotopic (exact) mass is 233 g/mol. The van der Waals surface area contributed by atoms with E-state index in [9.17, 15) is 4.79 Å². The van der Waals surface area contributed by atoms with Crippen molar-refractivity contribution >= 4 is 11.9 Å². The first kappa shape index (κ1) is 11.1. The SMILES string of the molecule is COc1ccc(-c2nc(NC(C)=O)no2)cc1. The molecule has 2 aromatic rings. The normalized spacial score (nSPS) is 10.0. The number of benzene rings is 1. The lowest BCUT2D eigenvalue weighted by Gasteiger charge is -1.98. The summed E-state index contributed by atoms with van der Waals surface area (Å²) in [5.41, 5.74) is 0.759. The van der Waals surface area contributed by atoms with Gasteiger partial charge >= 0.3 is 0 Å².